The van der Waals surface area contributed by atoms with Gasteiger partial charge in [0.25, 0.3) is 0 Å². The third-order valence-electron chi connectivity index (χ3n) is 5.50. The average molecular weight is 419 g/mol. The van der Waals surface area contributed by atoms with Crippen LogP contribution in [0.5, 0.6) is 0 Å². The summed E-state index contributed by atoms with van der Waals surface area (Å²) in [5.41, 5.74) is 0.775. The second-order valence-electron chi connectivity index (χ2n) is 7.39. The SMILES string of the molecule is O=C(O)C1CCCN(C(c2cccc(C(F)(F)F)c2)c2csc3ccccc23)C1. The number of halogens is 3. The Hall–Kier alpha value is -2.38. The molecular weight excluding hydrogens is 399 g/mol. The van der Waals surface area contributed by atoms with Gasteiger partial charge in [0, 0.05) is 11.2 Å². The number of carboxylic acids is 1. The summed E-state index contributed by atoms with van der Waals surface area (Å²) in [6.07, 6.45) is -3.14. The van der Waals surface area contributed by atoms with Gasteiger partial charge in [0.1, 0.15) is 0 Å². The van der Waals surface area contributed by atoms with E-state index in [-0.39, 0.29) is 0 Å². The number of carboxylic acid groups (broad SMARTS) is 1. The maximum Gasteiger partial charge on any atom is 0.416 e. The van der Waals surface area contributed by atoms with Gasteiger partial charge in [-0.3, -0.25) is 9.69 Å². The zero-order valence-electron chi connectivity index (χ0n) is 15.5. The van der Waals surface area contributed by atoms with E-state index >= 15 is 0 Å². The van der Waals surface area contributed by atoms with E-state index in [0.29, 0.717) is 31.5 Å². The molecular formula is C22H20F3NO2S. The Morgan fingerprint density at radius 2 is 1.97 bits per heavy atom. The highest BCUT2D eigenvalue weighted by Crippen LogP contribution is 2.40. The number of likely N-dealkylation sites (tertiary alicyclic amines) is 1. The van der Waals surface area contributed by atoms with Gasteiger partial charge in [0.15, 0.2) is 0 Å². The van der Waals surface area contributed by atoms with Gasteiger partial charge < -0.3 is 5.11 Å². The first-order chi connectivity index (χ1) is 13.8. The van der Waals surface area contributed by atoms with Crippen molar-refractivity contribution >= 4 is 27.4 Å². The summed E-state index contributed by atoms with van der Waals surface area (Å²) in [6, 6.07) is 12.8. The predicted molar refractivity (Wildman–Crippen MR) is 107 cm³/mol. The molecule has 2 aromatic carbocycles. The van der Waals surface area contributed by atoms with Crippen molar-refractivity contribution in [3.63, 3.8) is 0 Å². The van der Waals surface area contributed by atoms with Crippen LogP contribution in [0.3, 0.4) is 0 Å². The van der Waals surface area contributed by atoms with Crippen LogP contribution >= 0.6 is 11.3 Å². The van der Waals surface area contributed by atoms with Crippen LogP contribution in [0.1, 0.15) is 35.6 Å². The predicted octanol–water partition coefficient (Wildman–Crippen LogP) is 5.81. The lowest BCUT2D eigenvalue weighted by Crippen LogP contribution is -2.41. The normalized spacial score (nSPS) is 19.3. The molecule has 2 heterocycles. The number of benzene rings is 2. The topological polar surface area (TPSA) is 40.5 Å². The Bertz CT molecular complexity index is 1030. The molecule has 0 amide bonds. The van der Waals surface area contributed by atoms with Crippen LogP contribution in [-0.2, 0) is 11.0 Å². The summed E-state index contributed by atoms with van der Waals surface area (Å²) in [7, 11) is 0. The van der Waals surface area contributed by atoms with Gasteiger partial charge in [-0.25, -0.2) is 0 Å². The first-order valence-corrected chi connectivity index (χ1v) is 10.3. The van der Waals surface area contributed by atoms with Crippen molar-refractivity contribution in [3.05, 3.63) is 70.6 Å². The highest BCUT2D eigenvalue weighted by Gasteiger charge is 2.35. The molecule has 3 aromatic rings. The minimum absolute atomic E-state index is 0.320. The second kappa shape index (κ2) is 7.80. The quantitative estimate of drug-likeness (QED) is 0.581. The van der Waals surface area contributed by atoms with Gasteiger partial charge in [0.2, 0.25) is 0 Å². The van der Waals surface area contributed by atoms with Crippen LogP contribution in [0, 0.1) is 5.92 Å². The molecule has 0 bridgehead atoms. The summed E-state index contributed by atoms with van der Waals surface area (Å²) in [6.45, 7) is 0.968. The standard InChI is InChI=1S/C22H20F3NO2S/c23-22(24,25)16-7-3-5-14(11-16)20(26-10-4-6-15(12-26)21(27)28)18-13-29-19-9-2-1-8-17(18)19/h1-3,5,7-9,11,13,15,20H,4,6,10,12H2,(H,27,28). The van der Waals surface area contributed by atoms with E-state index in [1.807, 2.05) is 34.5 Å². The molecule has 1 fully saturated rings. The maximum absolute atomic E-state index is 13.3. The molecule has 1 aliphatic heterocycles. The van der Waals surface area contributed by atoms with E-state index in [9.17, 15) is 23.1 Å². The summed E-state index contributed by atoms with van der Waals surface area (Å²) < 4.78 is 41.1. The lowest BCUT2D eigenvalue weighted by molar-refractivity contribution is -0.143. The number of hydrogen-bond acceptors (Lipinski definition) is 3. The molecule has 1 aromatic heterocycles. The Kier molecular flexibility index (Phi) is 5.36. The maximum atomic E-state index is 13.3. The lowest BCUT2D eigenvalue weighted by atomic mass is 9.90. The number of piperidine rings is 1. The molecule has 29 heavy (non-hydrogen) atoms. The summed E-state index contributed by atoms with van der Waals surface area (Å²) in [5, 5.41) is 12.5. The number of rotatable bonds is 4. The van der Waals surface area contributed by atoms with Crippen molar-refractivity contribution in [2.24, 2.45) is 5.92 Å². The molecule has 0 aliphatic carbocycles. The number of carbonyl (C=O) groups is 1. The van der Waals surface area contributed by atoms with E-state index in [1.165, 1.54) is 12.1 Å². The van der Waals surface area contributed by atoms with Crippen molar-refractivity contribution in [2.75, 3.05) is 13.1 Å². The van der Waals surface area contributed by atoms with Crippen molar-refractivity contribution in [1.82, 2.24) is 4.90 Å². The minimum Gasteiger partial charge on any atom is -0.481 e. The molecule has 0 spiro atoms. The van der Waals surface area contributed by atoms with Gasteiger partial charge in [-0.05, 0) is 59.5 Å². The molecule has 3 nitrogen and oxygen atoms in total. The van der Waals surface area contributed by atoms with E-state index in [4.69, 9.17) is 0 Å². The van der Waals surface area contributed by atoms with Crippen LogP contribution in [0.2, 0.25) is 0 Å². The average Bonchev–Trinajstić information content (AvgIpc) is 3.12. The number of aliphatic carboxylic acids is 1. The van der Waals surface area contributed by atoms with Crippen LogP contribution in [-0.4, -0.2) is 29.1 Å². The molecule has 0 radical (unpaired) electrons. The fraction of sp³-hybridized carbons (Fsp3) is 0.318. The van der Waals surface area contributed by atoms with Crippen molar-refractivity contribution < 1.29 is 23.1 Å². The first kappa shape index (κ1) is 19.9. The van der Waals surface area contributed by atoms with E-state index in [1.54, 1.807) is 17.4 Å². The fourth-order valence-electron chi connectivity index (χ4n) is 4.12. The smallest absolute Gasteiger partial charge is 0.416 e. The number of thiophene rings is 1. The van der Waals surface area contributed by atoms with Crippen LogP contribution in [0.15, 0.2) is 53.9 Å². The molecule has 152 valence electrons. The van der Waals surface area contributed by atoms with E-state index in [0.717, 1.165) is 21.7 Å². The van der Waals surface area contributed by atoms with E-state index < -0.39 is 29.7 Å². The number of nitrogens with zero attached hydrogens (tertiary/aromatic N) is 1. The van der Waals surface area contributed by atoms with Crippen molar-refractivity contribution in [3.8, 4) is 0 Å². The van der Waals surface area contributed by atoms with Gasteiger partial charge in [-0.1, -0.05) is 30.3 Å². The van der Waals surface area contributed by atoms with Gasteiger partial charge >= 0.3 is 12.1 Å². The number of fused-ring (bicyclic) bond motifs is 1. The zero-order chi connectivity index (χ0) is 20.6. The number of alkyl halides is 3. The van der Waals surface area contributed by atoms with Gasteiger partial charge in [-0.15, -0.1) is 11.3 Å². The van der Waals surface area contributed by atoms with Crippen LogP contribution in [0.25, 0.3) is 10.1 Å². The van der Waals surface area contributed by atoms with Gasteiger partial charge in [0.05, 0.1) is 17.5 Å². The molecule has 1 saturated heterocycles. The molecule has 1 aliphatic rings. The summed E-state index contributed by atoms with van der Waals surface area (Å²) in [5.74, 6) is -1.37. The molecule has 7 heteroatoms. The first-order valence-electron chi connectivity index (χ1n) is 9.45. The Morgan fingerprint density at radius 3 is 2.72 bits per heavy atom. The lowest BCUT2D eigenvalue weighted by Gasteiger charge is -2.37. The largest absolute Gasteiger partial charge is 0.481 e. The summed E-state index contributed by atoms with van der Waals surface area (Å²) in [4.78, 5) is 13.6. The van der Waals surface area contributed by atoms with Gasteiger partial charge in [-0.2, -0.15) is 13.2 Å². The molecule has 2 unspecified atom stereocenters. The Balaban J connectivity index is 1.83. The molecule has 0 saturated carbocycles. The third kappa shape index (κ3) is 4.02. The molecule has 2 atom stereocenters. The second-order valence-corrected chi connectivity index (χ2v) is 8.30. The fourth-order valence-corrected chi connectivity index (χ4v) is 5.10. The minimum atomic E-state index is -4.43. The molecule has 4 rings (SSSR count). The third-order valence-corrected chi connectivity index (χ3v) is 6.48. The molecule has 1 N–H and O–H groups in total. The zero-order valence-corrected chi connectivity index (χ0v) is 16.3. The number of hydrogen-bond donors (Lipinski definition) is 1. The van der Waals surface area contributed by atoms with E-state index in [2.05, 4.69) is 0 Å². The van der Waals surface area contributed by atoms with Crippen molar-refractivity contribution in [1.29, 1.82) is 0 Å². The highest BCUT2D eigenvalue weighted by molar-refractivity contribution is 7.17. The van der Waals surface area contributed by atoms with Crippen LogP contribution in [0.4, 0.5) is 13.2 Å². The Morgan fingerprint density at radius 1 is 1.17 bits per heavy atom. The monoisotopic (exact) mass is 419 g/mol. The summed E-state index contributed by atoms with van der Waals surface area (Å²) >= 11 is 1.55. The van der Waals surface area contributed by atoms with Crippen molar-refractivity contribution in [2.45, 2.75) is 25.1 Å². The highest BCUT2D eigenvalue weighted by atomic mass is 32.1. The van der Waals surface area contributed by atoms with Crippen LogP contribution < -0.4 is 0 Å². The Labute approximate surface area is 170 Å².